The molecule has 14 heteroatoms. The van der Waals surface area contributed by atoms with E-state index in [1.807, 2.05) is 0 Å². The van der Waals surface area contributed by atoms with Crippen LogP contribution in [0, 0.1) is 5.92 Å². The van der Waals surface area contributed by atoms with Crippen molar-refractivity contribution in [2.75, 3.05) is 14.2 Å². The van der Waals surface area contributed by atoms with Crippen molar-refractivity contribution in [3.05, 3.63) is 69.2 Å². The zero-order valence-corrected chi connectivity index (χ0v) is 25.5. The first-order valence-electron chi connectivity index (χ1n) is 14.2. The fourth-order valence-corrected chi connectivity index (χ4v) is 6.45. The number of benzene rings is 2. The molecule has 1 saturated carbocycles. The van der Waals surface area contributed by atoms with Crippen LogP contribution in [-0.2, 0) is 25.2 Å². The van der Waals surface area contributed by atoms with E-state index in [2.05, 4.69) is 15.5 Å². The summed E-state index contributed by atoms with van der Waals surface area (Å²) in [5.41, 5.74) is 0.669. The molecule has 3 aromatic rings. The summed E-state index contributed by atoms with van der Waals surface area (Å²) in [6, 6.07) is 8.32. The zero-order valence-electron chi connectivity index (χ0n) is 24.0. The number of aromatic nitrogens is 3. The molecule has 0 saturated heterocycles. The van der Waals surface area contributed by atoms with Crippen LogP contribution < -0.4 is 10.1 Å². The van der Waals surface area contributed by atoms with E-state index in [1.54, 1.807) is 18.2 Å². The number of hydrogen-bond donors (Lipinski definition) is 1. The molecule has 44 heavy (non-hydrogen) atoms. The summed E-state index contributed by atoms with van der Waals surface area (Å²) in [6.07, 6.45) is -2.34. The van der Waals surface area contributed by atoms with E-state index in [-0.39, 0.29) is 33.0 Å². The first-order chi connectivity index (χ1) is 21.0. The van der Waals surface area contributed by atoms with Gasteiger partial charge in [0.25, 0.3) is 0 Å². The summed E-state index contributed by atoms with van der Waals surface area (Å²) in [5.74, 6) is -2.24. The third-order valence-electron chi connectivity index (χ3n) is 8.02. The van der Waals surface area contributed by atoms with Gasteiger partial charge in [-0.15, -0.1) is 10.2 Å². The van der Waals surface area contributed by atoms with Gasteiger partial charge in [-0.3, -0.25) is 9.36 Å². The van der Waals surface area contributed by atoms with Gasteiger partial charge >= 0.3 is 12.1 Å². The quantitative estimate of drug-likeness (QED) is 0.267. The molecular weight excluding hydrogens is 624 g/mol. The van der Waals surface area contributed by atoms with E-state index in [0.717, 1.165) is 36.7 Å². The van der Waals surface area contributed by atoms with Crippen LogP contribution in [-0.4, -0.2) is 46.9 Å². The highest BCUT2D eigenvalue weighted by Gasteiger charge is 2.44. The maximum Gasteiger partial charge on any atom is 0.452 e. The number of amides is 1. The molecule has 9 nitrogen and oxygen atoms in total. The Morgan fingerprint density at radius 1 is 1.09 bits per heavy atom. The second-order valence-corrected chi connectivity index (χ2v) is 11.7. The fraction of sp³-hybridized carbons (Fsp3) is 0.467. The minimum Gasteiger partial charge on any atom is -0.495 e. The lowest BCUT2D eigenvalue weighted by Crippen LogP contribution is -2.43. The van der Waals surface area contributed by atoms with Gasteiger partial charge in [-0.2, -0.15) is 13.2 Å². The Hall–Kier alpha value is -3.35. The molecule has 5 rings (SSSR count). The molecule has 3 atom stereocenters. The van der Waals surface area contributed by atoms with E-state index in [1.165, 1.54) is 32.4 Å². The molecule has 2 aliphatic rings. The van der Waals surface area contributed by atoms with Gasteiger partial charge in [0.2, 0.25) is 11.7 Å². The number of carbonyl (C=O) groups excluding carboxylic acids is 2. The van der Waals surface area contributed by atoms with Gasteiger partial charge in [0.1, 0.15) is 24.0 Å². The average molecular weight is 656 g/mol. The topological polar surface area (TPSA) is 105 Å². The fourth-order valence-electron chi connectivity index (χ4n) is 5.97. The first-order valence-corrected chi connectivity index (χ1v) is 14.9. The van der Waals surface area contributed by atoms with Crippen molar-refractivity contribution >= 4 is 35.1 Å². The molecule has 0 bridgehead atoms. The second-order valence-electron chi connectivity index (χ2n) is 10.9. The first kappa shape index (κ1) is 32.1. The number of carbonyl (C=O) groups is 2. The number of rotatable bonds is 8. The number of esters is 1. The van der Waals surface area contributed by atoms with Crippen molar-refractivity contribution in [2.45, 2.75) is 69.4 Å². The lowest BCUT2D eigenvalue weighted by molar-refractivity contribution is -0.147. The Balaban J connectivity index is 1.56. The van der Waals surface area contributed by atoms with Crippen molar-refractivity contribution in [3.63, 3.8) is 0 Å². The highest BCUT2D eigenvalue weighted by Crippen LogP contribution is 2.46. The Labute approximate surface area is 262 Å². The maximum atomic E-state index is 14.3. The van der Waals surface area contributed by atoms with E-state index in [0.29, 0.717) is 17.7 Å². The highest BCUT2D eigenvalue weighted by molar-refractivity contribution is 6.33. The molecule has 1 aromatic heterocycles. The summed E-state index contributed by atoms with van der Waals surface area (Å²) < 4.78 is 60.3. The lowest BCUT2D eigenvalue weighted by Gasteiger charge is -2.27. The van der Waals surface area contributed by atoms with Crippen LogP contribution >= 0.6 is 23.2 Å². The van der Waals surface area contributed by atoms with E-state index in [4.69, 9.17) is 37.4 Å². The molecule has 2 aromatic carbocycles. The Morgan fingerprint density at radius 2 is 1.84 bits per heavy atom. The third-order valence-corrected chi connectivity index (χ3v) is 8.66. The third kappa shape index (κ3) is 6.67. The van der Waals surface area contributed by atoms with Gasteiger partial charge in [-0.1, -0.05) is 67.4 Å². The smallest absolute Gasteiger partial charge is 0.452 e. The SMILES string of the molecule is COC(=O)[C@H](CC1CCCCC1)NC(=O)C[C@H]1O[C@H](c2cccc(OC)c2Cl)c2cc(Cl)ccc2-n2c1nnc2C(F)(F)F. The Bertz CT molecular complexity index is 1530. The van der Waals surface area contributed by atoms with Gasteiger partial charge in [0, 0.05) is 16.1 Å². The number of methoxy groups -OCH3 is 2. The molecule has 0 radical (unpaired) electrons. The molecular formula is C30H31Cl2F3N4O5. The number of fused-ring (bicyclic) bond motifs is 3. The number of nitrogens with one attached hydrogen (secondary N) is 1. The summed E-state index contributed by atoms with van der Waals surface area (Å²) in [7, 11) is 2.67. The largest absolute Gasteiger partial charge is 0.495 e. The van der Waals surface area contributed by atoms with Gasteiger partial charge in [-0.25, -0.2) is 4.79 Å². The van der Waals surface area contributed by atoms with Crippen LogP contribution in [0.15, 0.2) is 36.4 Å². The summed E-state index contributed by atoms with van der Waals surface area (Å²) in [5, 5.41) is 10.4. The molecule has 1 amide bonds. The van der Waals surface area contributed by atoms with Crippen molar-refractivity contribution in [2.24, 2.45) is 5.92 Å². The number of alkyl halides is 3. The van der Waals surface area contributed by atoms with Crippen LogP contribution in [0.5, 0.6) is 5.75 Å². The van der Waals surface area contributed by atoms with Crippen LogP contribution in [0.3, 0.4) is 0 Å². The Kier molecular flexibility index (Phi) is 9.71. The van der Waals surface area contributed by atoms with E-state index in [9.17, 15) is 22.8 Å². The minimum atomic E-state index is -4.89. The van der Waals surface area contributed by atoms with Crippen LogP contribution in [0.2, 0.25) is 10.0 Å². The van der Waals surface area contributed by atoms with Gasteiger partial charge in [0.15, 0.2) is 5.82 Å². The monoisotopic (exact) mass is 654 g/mol. The second kappa shape index (κ2) is 13.3. The molecule has 1 aliphatic carbocycles. The number of ether oxygens (including phenoxy) is 3. The van der Waals surface area contributed by atoms with E-state index < -0.39 is 48.5 Å². The van der Waals surface area contributed by atoms with Gasteiger partial charge in [0.05, 0.1) is 31.4 Å². The van der Waals surface area contributed by atoms with Crippen LogP contribution in [0.4, 0.5) is 13.2 Å². The van der Waals surface area contributed by atoms with Crippen LogP contribution in [0.1, 0.15) is 79.9 Å². The van der Waals surface area contributed by atoms with Crippen LogP contribution in [0.25, 0.3) is 5.69 Å². The van der Waals surface area contributed by atoms with E-state index >= 15 is 0 Å². The molecule has 2 heterocycles. The number of nitrogens with zero attached hydrogens (tertiary/aromatic N) is 3. The Morgan fingerprint density at radius 3 is 2.52 bits per heavy atom. The molecule has 0 spiro atoms. The average Bonchev–Trinajstić information content (AvgIpc) is 3.41. The number of hydrogen-bond acceptors (Lipinski definition) is 7. The van der Waals surface area contributed by atoms with Crippen molar-refractivity contribution in [1.82, 2.24) is 20.1 Å². The summed E-state index contributed by atoms with van der Waals surface area (Å²) in [4.78, 5) is 26.1. The minimum absolute atomic E-state index is 0.0539. The summed E-state index contributed by atoms with van der Waals surface area (Å²) in [6.45, 7) is 0. The van der Waals surface area contributed by atoms with Crippen molar-refractivity contribution in [1.29, 1.82) is 0 Å². The maximum absolute atomic E-state index is 14.3. The van der Waals surface area contributed by atoms with Gasteiger partial charge < -0.3 is 19.5 Å². The standard InChI is InChI=1S/C30H31Cl2F3N4O5/c1-42-22-10-6-9-18(25(22)32)26-19-14-17(31)11-12-21(19)39-27(37-38-29(39)30(33,34)35)23(44-26)15-24(40)36-20(28(41)43-2)13-16-7-4-3-5-8-16/h6,9-12,14,16,20,23,26H,3-5,7-8,13,15H2,1-2H3,(H,36,40)/t20-,23+,26+/m0/s1. The summed E-state index contributed by atoms with van der Waals surface area (Å²) >= 11 is 13.0. The predicted octanol–water partition coefficient (Wildman–Crippen LogP) is 6.78. The zero-order chi connectivity index (χ0) is 31.6. The van der Waals surface area contributed by atoms with Crippen molar-refractivity contribution < 1.29 is 37.0 Å². The molecule has 1 aliphatic heterocycles. The van der Waals surface area contributed by atoms with Crippen molar-refractivity contribution in [3.8, 4) is 11.4 Å². The normalized spacial score (nSPS) is 19.3. The highest BCUT2D eigenvalue weighted by atomic mass is 35.5. The predicted molar refractivity (Wildman–Crippen MR) is 155 cm³/mol. The lowest BCUT2D eigenvalue weighted by atomic mass is 9.85. The number of halogens is 5. The molecule has 1 fully saturated rings. The molecule has 236 valence electrons. The van der Waals surface area contributed by atoms with Gasteiger partial charge in [-0.05, 0) is 36.6 Å². The molecule has 1 N–H and O–H groups in total. The molecule has 0 unspecified atom stereocenters.